The number of halogens is 1. The zero-order chi connectivity index (χ0) is 15.8. The molecule has 1 saturated heterocycles. The lowest BCUT2D eigenvalue weighted by atomic mass is 10.2. The van der Waals surface area contributed by atoms with Gasteiger partial charge >= 0.3 is 0 Å². The monoisotopic (exact) mass is 435 g/mol. The Labute approximate surface area is 155 Å². The average molecular weight is 435 g/mol. The van der Waals surface area contributed by atoms with Crippen LogP contribution >= 0.6 is 24.0 Å². The summed E-state index contributed by atoms with van der Waals surface area (Å²) in [6.07, 6.45) is 2.53. The molecule has 1 aromatic carbocycles. The number of methoxy groups -OCH3 is 2. The highest BCUT2D eigenvalue weighted by atomic mass is 127. The van der Waals surface area contributed by atoms with E-state index in [1.807, 2.05) is 18.2 Å². The van der Waals surface area contributed by atoms with E-state index in [0.717, 1.165) is 49.0 Å². The molecule has 2 N–H and O–H groups in total. The molecule has 1 aromatic rings. The van der Waals surface area contributed by atoms with Crippen LogP contribution in [0, 0.1) is 0 Å². The Hall–Kier alpha value is -1.22. The topological polar surface area (TPSA) is 64.1 Å². The van der Waals surface area contributed by atoms with E-state index < -0.39 is 0 Å². The van der Waals surface area contributed by atoms with Gasteiger partial charge in [-0.25, -0.2) is 0 Å². The number of nitrogens with one attached hydrogen (secondary N) is 2. The molecule has 7 heteroatoms. The predicted molar refractivity (Wildman–Crippen MR) is 102 cm³/mol. The Morgan fingerprint density at radius 3 is 2.74 bits per heavy atom. The summed E-state index contributed by atoms with van der Waals surface area (Å²) in [5.41, 5.74) is 1.04. The number of hydrogen-bond donors (Lipinski definition) is 2. The largest absolute Gasteiger partial charge is 0.497 e. The molecule has 2 rings (SSSR count). The van der Waals surface area contributed by atoms with Crippen LogP contribution in [-0.2, 0) is 11.3 Å². The highest BCUT2D eigenvalue weighted by Gasteiger charge is 2.15. The molecule has 1 atom stereocenters. The van der Waals surface area contributed by atoms with Crippen molar-refractivity contribution in [3.8, 4) is 11.5 Å². The molecule has 0 aromatic heterocycles. The minimum absolute atomic E-state index is 0. The lowest BCUT2D eigenvalue weighted by Crippen LogP contribution is -2.40. The smallest absolute Gasteiger partial charge is 0.191 e. The Kier molecular flexibility index (Phi) is 9.08. The van der Waals surface area contributed by atoms with Crippen LogP contribution in [0.3, 0.4) is 0 Å². The molecule has 1 unspecified atom stereocenters. The summed E-state index contributed by atoms with van der Waals surface area (Å²) in [5.74, 6) is 2.33. The van der Waals surface area contributed by atoms with Gasteiger partial charge in [-0.1, -0.05) is 0 Å². The quantitative estimate of drug-likeness (QED) is 0.408. The van der Waals surface area contributed by atoms with Gasteiger partial charge in [-0.15, -0.1) is 24.0 Å². The number of guanidine groups is 1. The summed E-state index contributed by atoms with van der Waals surface area (Å²) in [6, 6.07) is 5.78. The highest BCUT2D eigenvalue weighted by molar-refractivity contribution is 14.0. The summed E-state index contributed by atoms with van der Waals surface area (Å²) < 4.78 is 16.2. The minimum atomic E-state index is 0. The maximum absolute atomic E-state index is 5.59. The maximum Gasteiger partial charge on any atom is 0.191 e. The number of hydrogen-bond acceptors (Lipinski definition) is 4. The first-order valence-electron chi connectivity index (χ1n) is 7.54. The molecule has 130 valence electrons. The van der Waals surface area contributed by atoms with Gasteiger partial charge in [0.1, 0.15) is 11.5 Å². The van der Waals surface area contributed by atoms with Gasteiger partial charge < -0.3 is 24.8 Å². The summed E-state index contributed by atoms with van der Waals surface area (Å²) in [5, 5.41) is 6.57. The van der Waals surface area contributed by atoms with E-state index in [2.05, 4.69) is 15.6 Å². The van der Waals surface area contributed by atoms with Crippen LogP contribution in [0.1, 0.15) is 18.4 Å². The van der Waals surface area contributed by atoms with Crippen LogP contribution in [0.2, 0.25) is 0 Å². The number of aliphatic imine (C=N–C) groups is 1. The number of nitrogens with zero attached hydrogens (tertiary/aromatic N) is 1. The van der Waals surface area contributed by atoms with Crippen molar-refractivity contribution in [1.82, 2.24) is 10.6 Å². The molecule has 0 spiro atoms. The van der Waals surface area contributed by atoms with E-state index in [-0.39, 0.29) is 30.1 Å². The van der Waals surface area contributed by atoms with Crippen molar-refractivity contribution in [3.63, 3.8) is 0 Å². The zero-order valence-corrected chi connectivity index (χ0v) is 16.3. The summed E-state index contributed by atoms with van der Waals surface area (Å²) >= 11 is 0. The molecule has 0 amide bonds. The van der Waals surface area contributed by atoms with Crippen molar-refractivity contribution >= 4 is 29.9 Å². The fraction of sp³-hybridized carbons (Fsp3) is 0.562. The fourth-order valence-electron chi connectivity index (χ4n) is 2.41. The van der Waals surface area contributed by atoms with Crippen molar-refractivity contribution in [2.24, 2.45) is 4.99 Å². The Morgan fingerprint density at radius 2 is 2.13 bits per heavy atom. The lowest BCUT2D eigenvalue weighted by molar-refractivity contribution is 0.114. The summed E-state index contributed by atoms with van der Waals surface area (Å²) in [7, 11) is 5.06. The normalized spacial score (nSPS) is 17.3. The number of ether oxygens (including phenoxy) is 3. The van der Waals surface area contributed by atoms with E-state index in [9.17, 15) is 0 Å². The Bertz CT molecular complexity index is 505. The van der Waals surface area contributed by atoms with Crippen molar-refractivity contribution < 1.29 is 14.2 Å². The third-order valence-corrected chi connectivity index (χ3v) is 3.69. The van der Waals surface area contributed by atoms with E-state index in [4.69, 9.17) is 14.2 Å². The van der Waals surface area contributed by atoms with Gasteiger partial charge in [0, 0.05) is 38.4 Å². The molecule has 0 radical (unpaired) electrons. The first kappa shape index (κ1) is 19.8. The number of benzene rings is 1. The fourth-order valence-corrected chi connectivity index (χ4v) is 2.41. The minimum Gasteiger partial charge on any atom is -0.497 e. The third-order valence-electron chi connectivity index (χ3n) is 3.69. The molecule has 23 heavy (non-hydrogen) atoms. The molecule has 1 aliphatic rings. The molecule has 1 aliphatic heterocycles. The second kappa shape index (κ2) is 10.5. The molecule has 6 nitrogen and oxygen atoms in total. The number of rotatable bonds is 6. The first-order valence-corrected chi connectivity index (χ1v) is 7.54. The van der Waals surface area contributed by atoms with Gasteiger partial charge in [-0.3, -0.25) is 4.99 Å². The molecule has 1 heterocycles. The first-order chi connectivity index (χ1) is 10.8. The molecule has 0 saturated carbocycles. The van der Waals surface area contributed by atoms with Crippen LogP contribution in [0.4, 0.5) is 0 Å². The van der Waals surface area contributed by atoms with Crippen LogP contribution < -0.4 is 20.1 Å². The van der Waals surface area contributed by atoms with Gasteiger partial charge in [0.2, 0.25) is 0 Å². The van der Waals surface area contributed by atoms with Crippen molar-refractivity contribution in [2.45, 2.75) is 25.5 Å². The Morgan fingerprint density at radius 1 is 1.30 bits per heavy atom. The third kappa shape index (κ3) is 6.06. The van der Waals surface area contributed by atoms with Gasteiger partial charge in [-0.05, 0) is 25.0 Å². The SMILES string of the molecule is CN=C(NCc1ccc(OC)cc1OC)NCC1CCCO1.I. The van der Waals surface area contributed by atoms with Crippen molar-refractivity contribution in [1.29, 1.82) is 0 Å². The second-order valence-electron chi connectivity index (χ2n) is 5.12. The van der Waals surface area contributed by atoms with Gasteiger partial charge in [0.25, 0.3) is 0 Å². The second-order valence-corrected chi connectivity index (χ2v) is 5.12. The van der Waals surface area contributed by atoms with Crippen LogP contribution in [0.15, 0.2) is 23.2 Å². The van der Waals surface area contributed by atoms with E-state index in [0.29, 0.717) is 6.54 Å². The van der Waals surface area contributed by atoms with E-state index in [1.54, 1.807) is 21.3 Å². The van der Waals surface area contributed by atoms with Gasteiger partial charge in [-0.2, -0.15) is 0 Å². The molecule has 0 bridgehead atoms. The molecule has 0 aliphatic carbocycles. The maximum atomic E-state index is 5.59. The summed E-state index contributed by atoms with van der Waals surface area (Å²) in [6.45, 7) is 2.26. The van der Waals surface area contributed by atoms with Crippen LogP contribution in [0.5, 0.6) is 11.5 Å². The van der Waals surface area contributed by atoms with Crippen LogP contribution in [-0.4, -0.2) is 46.5 Å². The zero-order valence-electron chi connectivity index (χ0n) is 13.9. The average Bonchev–Trinajstić information content (AvgIpc) is 3.08. The Balaban J connectivity index is 0.00000264. The van der Waals surface area contributed by atoms with E-state index >= 15 is 0 Å². The molecule has 1 fully saturated rings. The van der Waals surface area contributed by atoms with Gasteiger partial charge in [0.05, 0.1) is 20.3 Å². The van der Waals surface area contributed by atoms with E-state index in [1.165, 1.54) is 0 Å². The summed E-state index contributed by atoms with van der Waals surface area (Å²) in [4.78, 5) is 4.23. The highest BCUT2D eigenvalue weighted by Crippen LogP contribution is 2.24. The van der Waals surface area contributed by atoms with Crippen molar-refractivity contribution in [3.05, 3.63) is 23.8 Å². The predicted octanol–water partition coefficient (Wildman–Crippen LogP) is 2.17. The lowest BCUT2D eigenvalue weighted by Gasteiger charge is -2.16. The van der Waals surface area contributed by atoms with Crippen molar-refractivity contribution in [2.75, 3.05) is 34.4 Å². The molecular formula is C16H26IN3O3. The van der Waals surface area contributed by atoms with Gasteiger partial charge in [0.15, 0.2) is 5.96 Å². The standard InChI is InChI=1S/C16H25N3O3.HI/c1-17-16(19-11-14-5-4-8-22-14)18-10-12-6-7-13(20-2)9-15(12)21-3;/h6-7,9,14H,4-5,8,10-11H2,1-3H3,(H2,17,18,19);1H. The molecular weight excluding hydrogens is 409 g/mol. The van der Waals surface area contributed by atoms with Crippen LogP contribution in [0.25, 0.3) is 0 Å².